The molecular weight excluding hydrogens is 444 g/mol. The molecule has 0 radical (unpaired) electrons. The third-order valence-electron chi connectivity index (χ3n) is 5.39. The van der Waals surface area contributed by atoms with Crippen molar-refractivity contribution in [3.05, 3.63) is 95.6 Å². The first-order valence-electron chi connectivity index (χ1n) is 10.9. The maximum atomic E-state index is 13.0. The topological polar surface area (TPSA) is 109 Å². The Morgan fingerprint density at radius 2 is 1.57 bits per heavy atom. The summed E-state index contributed by atoms with van der Waals surface area (Å²) in [7, 11) is 1.53. The van der Waals surface area contributed by atoms with Crippen molar-refractivity contribution in [3.8, 4) is 17.0 Å². The number of ether oxygens (including phenoxy) is 1. The van der Waals surface area contributed by atoms with E-state index in [2.05, 4.69) is 21.2 Å². The number of carbonyl (C=O) groups is 3. The lowest BCUT2D eigenvalue weighted by molar-refractivity contribution is -0.120. The Morgan fingerprint density at radius 3 is 2.29 bits per heavy atom. The lowest BCUT2D eigenvalue weighted by Gasteiger charge is -2.12. The molecule has 0 aliphatic rings. The van der Waals surface area contributed by atoms with Crippen molar-refractivity contribution in [2.45, 2.75) is 6.92 Å². The van der Waals surface area contributed by atoms with Crippen LogP contribution in [0.15, 0.2) is 78.9 Å². The summed E-state index contributed by atoms with van der Waals surface area (Å²) in [6.07, 6.45) is 0. The summed E-state index contributed by atoms with van der Waals surface area (Å²) in [4.78, 5) is 42.1. The summed E-state index contributed by atoms with van der Waals surface area (Å²) < 4.78 is 5.06. The van der Waals surface area contributed by atoms with E-state index in [0.717, 1.165) is 11.1 Å². The van der Waals surface area contributed by atoms with E-state index >= 15 is 0 Å². The molecule has 3 amide bonds. The lowest BCUT2D eigenvalue weighted by atomic mass is 10.0. The summed E-state index contributed by atoms with van der Waals surface area (Å²) in [5, 5.41) is 3.17. The number of pyridine rings is 1. The number of aromatic nitrogens is 1. The van der Waals surface area contributed by atoms with Crippen LogP contribution in [0.3, 0.4) is 0 Å². The van der Waals surface area contributed by atoms with Crippen LogP contribution in [0.2, 0.25) is 0 Å². The average Bonchev–Trinajstić information content (AvgIpc) is 2.90. The fourth-order valence-electron chi connectivity index (χ4n) is 3.48. The average molecular weight is 469 g/mol. The van der Waals surface area contributed by atoms with E-state index in [1.807, 2.05) is 49.4 Å². The number of hydrogen-bond donors (Lipinski definition) is 3. The molecule has 176 valence electrons. The number of methoxy groups -OCH3 is 1. The molecule has 8 nitrogen and oxygen atoms in total. The molecule has 0 aliphatic carbocycles. The molecule has 3 N–H and O–H groups in total. The number of carbonyl (C=O) groups excluding carboxylic acids is 3. The molecule has 0 saturated carbocycles. The predicted molar refractivity (Wildman–Crippen MR) is 133 cm³/mol. The van der Waals surface area contributed by atoms with Gasteiger partial charge < -0.3 is 10.1 Å². The van der Waals surface area contributed by atoms with Gasteiger partial charge in [-0.1, -0.05) is 48.0 Å². The molecule has 35 heavy (non-hydrogen) atoms. The number of fused-ring (bicyclic) bond motifs is 1. The molecule has 4 aromatic rings. The van der Waals surface area contributed by atoms with Gasteiger partial charge in [0, 0.05) is 16.5 Å². The summed E-state index contributed by atoms with van der Waals surface area (Å²) >= 11 is 0. The van der Waals surface area contributed by atoms with Gasteiger partial charge in [0.25, 0.3) is 17.7 Å². The third-order valence-corrected chi connectivity index (χ3v) is 5.39. The second kappa shape index (κ2) is 10.5. The SMILES string of the molecule is COc1ccc(C(=O)NCC(=O)NNC(=O)c2cc(-c3ccc(C)cc3)nc3ccccc23)cc1. The van der Waals surface area contributed by atoms with Crippen LogP contribution in [0.25, 0.3) is 22.2 Å². The van der Waals surface area contributed by atoms with Crippen LogP contribution in [-0.2, 0) is 4.79 Å². The van der Waals surface area contributed by atoms with Gasteiger partial charge in [-0.25, -0.2) is 4.98 Å². The Labute approximate surface area is 202 Å². The number of hydrazine groups is 1. The standard InChI is InChI=1S/C27H24N4O4/c1-17-7-9-18(10-8-17)24-15-22(21-5-3-4-6-23(21)29-24)27(34)31-30-25(32)16-28-26(33)19-11-13-20(35-2)14-12-19/h3-15H,16H2,1-2H3,(H,28,33)(H,30,32)(H,31,34). The number of para-hydroxylation sites is 1. The molecule has 1 aromatic heterocycles. The van der Waals surface area contributed by atoms with E-state index in [0.29, 0.717) is 33.5 Å². The Hall–Kier alpha value is -4.72. The van der Waals surface area contributed by atoms with Gasteiger partial charge in [-0.3, -0.25) is 25.2 Å². The second-order valence-corrected chi connectivity index (χ2v) is 7.85. The molecule has 0 spiro atoms. The molecule has 0 unspecified atom stereocenters. The van der Waals surface area contributed by atoms with Gasteiger partial charge in [0.1, 0.15) is 5.75 Å². The van der Waals surface area contributed by atoms with Gasteiger partial charge in [-0.2, -0.15) is 0 Å². The molecule has 1 heterocycles. The number of aryl methyl sites for hydroxylation is 1. The number of hydrogen-bond acceptors (Lipinski definition) is 5. The van der Waals surface area contributed by atoms with Gasteiger partial charge in [-0.05, 0) is 43.3 Å². The number of nitrogens with one attached hydrogen (secondary N) is 3. The smallest absolute Gasteiger partial charge is 0.270 e. The first kappa shape index (κ1) is 23.4. The Balaban J connectivity index is 1.43. The summed E-state index contributed by atoms with van der Waals surface area (Å²) in [5.41, 5.74) is 8.82. The Bertz CT molecular complexity index is 1380. The fourth-order valence-corrected chi connectivity index (χ4v) is 3.48. The molecule has 0 fully saturated rings. The maximum absolute atomic E-state index is 13.0. The van der Waals surface area contributed by atoms with E-state index < -0.39 is 17.7 Å². The number of rotatable bonds is 6. The summed E-state index contributed by atoms with van der Waals surface area (Å²) in [6.45, 7) is 1.69. The van der Waals surface area contributed by atoms with Crippen molar-refractivity contribution in [3.63, 3.8) is 0 Å². The molecule has 4 rings (SSSR count). The van der Waals surface area contributed by atoms with E-state index in [9.17, 15) is 14.4 Å². The number of benzene rings is 3. The fraction of sp³-hybridized carbons (Fsp3) is 0.111. The highest BCUT2D eigenvalue weighted by atomic mass is 16.5. The molecular formula is C27H24N4O4. The Morgan fingerprint density at radius 1 is 0.857 bits per heavy atom. The van der Waals surface area contributed by atoms with E-state index in [-0.39, 0.29) is 6.54 Å². The van der Waals surface area contributed by atoms with Gasteiger partial charge in [0.15, 0.2) is 0 Å². The van der Waals surface area contributed by atoms with Crippen molar-refractivity contribution in [1.29, 1.82) is 0 Å². The molecule has 0 atom stereocenters. The predicted octanol–water partition coefficient (Wildman–Crippen LogP) is 3.41. The molecule has 8 heteroatoms. The largest absolute Gasteiger partial charge is 0.497 e. The molecule has 0 saturated heterocycles. The Kier molecular flexibility index (Phi) is 7.02. The molecule has 3 aromatic carbocycles. The molecule has 0 aliphatic heterocycles. The number of amides is 3. The highest BCUT2D eigenvalue weighted by Crippen LogP contribution is 2.25. The van der Waals surface area contributed by atoms with E-state index in [4.69, 9.17) is 4.74 Å². The lowest BCUT2D eigenvalue weighted by Crippen LogP contribution is -2.46. The van der Waals surface area contributed by atoms with Crippen molar-refractivity contribution in [2.75, 3.05) is 13.7 Å². The minimum atomic E-state index is -0.572. The zero-order valence-corrected chi connectivity index (χ0v) is 19.3. The first-order chi connectivity index (χ1) is 16.9. The van der Waals surface area contributed by atoms with Crippen LogP contribution in [0.1, 0.15) is 26.3 Å². The van der Waals surface area contributed by atoms with E-state index in [1.165, 1.54) is 7.11 Å². The van der Waals surface area contributed by atoms with Crippen molar-refractivity contribution in [2.24, 2.45) is 0 Å². The van der Waals surface area contributed by atoms with Crippen molar-refractivity contribution in [1.82, 2.24) is 21.2 Å². The van der Waals surface area contributed by atoms with Crippen LogP contribution in [0.4, 0.5) is 0 Å². The van der Waals surface area contributed by atoms with Gasteiger partial charge in [0.2, 0.25) is 0 Å². The van der Waals surface area contributed by atoms with Crippen LogP contribution >= 0.6 is 0 Å². The van der Waals surface area contributed by atoms with Crippen LogP contribution in [0, 0.1) is 6.92 Å². The maximum Gasteiger partial charge on any atom is 0.270 e. The molecule has 0 bridgehead atoms. The van der Waals surface area contributed by atoms with Crippen molar-refractivity contribution < 1.29 is 19.1 Å². The summed E-state index contributed by atoms with van der Waals surface area (Å²) in [6, 6.07) is 23.3. The zero-order chi connectivity index (χ0) is 24.8. The number of nitrogens with zero attached hydrogens (tertiary/aromatic N) is 1. The minimum Gasteiger partial charge on any atom is -0.497 e. The van der Waals surface area contributed by atoms with Crippen LogP contribution in [0.5, 0.6) is 5.75 Å². The first-order valence-corrected chi connectivity index (χ1v) is 10.9. The highest BCUT2D eigenvalue weighted by Gasteiger charge is 2.15. The monoisotopic (exact) mass is 468 g/mol. The second-order valence-electron chi connectivity index (χ2n) is 7.85. The zero-order valence-electron chi connectivity index (χ0n) is 19.3. The normalized spacial score (nSPS) is 10.5. The highest BCUT2D eigenvalue weighted by molar-refractivity contribution is 6.07. The third kappa shape index (κ3) is 5.62. The summed E-state index contributed by atoms with van der Waals surface area (Å²) in [5.74, 6) is -0.864. The van der Waals surface area contributed by atoms with Gasteiger partial charge >= 0.3 is 0 Å². The van der Waals surface area contributed by atoms with Crippen LogP contribution < -0.4 is 20.9 Å². The van der Waals surface area contributed by atoms with E-state index in [1.54, 1.807) is 36.4 Å². The minimum absolute atomic E-state index is 0.309. The van der Waals surface area contributed by atoms with Gasteiger partial charge in [0.05, 0.1) is 30.4 Å². The van der Waals surface area contributed by atoms with Gasteiger partial charge in [-0.15, -0.1) is 0 Å². The quantitative estimate of drug-likeness (QED) is 0.376. The van der Waals surface area contributed by atoms with Crippen molar-refractivity contribution >= 4 is 28.6 Å². The van der Waals surface area contributed by atoms with Crippen LogP contribution in [-0.4, -0.2) is 36.4 Å².